The maximum atomic E-state index is 12.6. The van der Waals surface area contributed by atoms with Gasteiger partial charge in [-0.1, -0.05) is 30.3 Å². The number of nitrogens with one attached hydrogen (secondary N) is 1. The highest BCUT2D eigenvalue weighted by Crippen LogP contribution is 2.23. The number of hydrogen-bond acceptors (Lipinski definition) is 3. The van der Waals surface area contributed by atoms with Crippen molar-refractivity contribution < 1.29 is 17.9 Å². The van der Waals surface area contributed by atoms with E-state index in [1.54, 1.807) is 0 Å². The number of halogens is 3. The van der Waals surface area contributed by atoms with Crippen molar-refractivity contribution in [2.24, 2.45) is 16.8 Å². The van der Waals surface area contributed by atoms with Crippen molar-refractivity contribution in [2.75, 3.05) is 52.4 Å². The molecular formula is C22H33F3N4O. The number of ether oxygens (including phenoxy) is 1. The molecule has 2 unspecified atom stereocenters. The Kier molecular flexibility index (Phi) is 8.39. The molecule has 2 saturated heterocycles. The third-order valence-electron chi connectivity index (χ3n) is 5.66. The zero-order chi connectivity index (χ0) is 21.4. The van der Waals surface area contributed by atoms with E-state index in [4.69, 9.17) is 9.73 Å². The Morgan fingerprint density at radius 2 is 1.90 bits per heavy atom. The summed E-state index contributed by atoms with van der Waals surface area (Å²) in [7, 11) is 0. The van der Waals surface area contributed by atoms with Crippen molar-refractivity contribution in [1.29, 1.82) is 0 Å². The fourth-order valence-corrected chi connectivity index (χ4v) is 4.18. The van der Waals surface area contributed by atoms with Crippen LogP contribution in [0.1, 0.15) is 25.3 Å². The van der Waals surface area contributed by atoms with E-state index in [9.17, 15) is 13.2 Å². The molecule has 2 atom stereocenters. The first kappa shape index (κ1) is 22.9. The molecule has 8 heteroatoms. The molecule has 0 spiro atoms. The molecule has 0 saturated carbocycles. The molecule has 1 N–H and O–H groups in total. The third-order valence-corrected chi connectivity index (χ3v) is 5.66. The minimum Gasteiger partial charge on any atom is -0.376 e. The van der Waals surface area contributed by atoms with E-state index >= 15 is 0 Å². The second-order valence-electron chi connectivity index (χ2n) is 8.30. The van der Waals surface area contributed by atoms with Gasteiger partial charge in [-0.05, 0) is 37.8 Å². The van der Waals surface area contributed by atoms with Gasteiger partial charge in [-0.25, -0.2) is 0 Å². The third kappa shape index (κ3) is 7.47. The standard InChI is InChI=1S/C22H33F3N4O/c1-2-26-21(27-12-19-8-10-28(13-19)17-22(23,24)25)29-11-9-20(14-29)16-30-15-18-6-4-3-5-7-18/h3-7,19-20H,2,8-17H2,1H3,(H,26,27). The van der Waals surface area contributed by atoms with Crippen molar-refractivity contribution in [2.45, 2.75) is 32.5 Å². The number of aliphatic imine (C=N–C) groups is 1. The number of hydrogen-bond donors (Lipinski definition) is 1. The van der Waals surface area contributed by atoms with Crippen molar-refractivity contribution in [1.82, 2.24) is 15.1 Å². The average molecular weight is 427 g/mol. The van der Waals surface area contributed by atoms with Gasteiger partial charge in [0.1, 0.15) is 0 Å². The number of rotatable bonds is 8. The lowest BCUT2D eigenvalue weighted by Gasteiger charge is -2.22. The van der Waals surface area contributed by atoms with Crippen LogP contribution in [0, 0.1) is 11.8 Å². The van der Waals surface area contributed by atoms with Crippen LogP contribution in [0.25, 0.3) is 0 Å². The molecule has 5 nitrogen and oxygen atoms in total. The quantitative estimate of drug-likeness (QED) is 0.511. The van der Waals surface area contributed by atoms with E-state index < -0.39 is 12.7 Å². The summed E-state index contributed by atoms with van der Waals surface area (Å²) < 4.78 is 43.6. The summed E-state index contributed by atoms with van der Waals surface area (Å²) in [5, 5.41) is 3.34. The second kappa shape index (κ2) is 11.0. The Balaban J connectivity index is 1.43. The van der Waals surface area contributed by atoms with Crippen LogP contribution >= 0.6 is 0 Å². The molecule has 2 heterocycles. The first-order chi connectivity index (χ1) is 14.4. The molecule has 0 aliphatic carbocycles. The number of guanidine groups is 1. The molecule has 0 aromatic heterocycles. The second-order valence-corrected chi connectivity index (χ2v) is 8.30. The zero-order valence-electron chi connectivity index (χ0n) is 17.7. The van der Waals surface area contributed by atoms with Crippen LogP contribution in [-0.4, -0.2) is 74.4 Å². The topological polar surface area (TPSA) is 40.1 Å². The maximum Gasteiger partial charge on any atom is 0.401 e. The number of benzene rings is 1. The molecule has 0 amide bonds. The van der Waals surface area contributed by atoms with Gasteiger partial charge in [0.2, 0.25) is 0 Å². The lowest BCUT2D eigenvalue weighted by Crippen LogP contribution is -2.40. The van der Waals surface area contributed by atoms with Crippen LogP contribution in [0.5, 0.6) is 0 Å². The van der Waals surface area contributed by atoms with Crippen LogP contribution < -0.4 is 5.32 Å². The Morgan fingerprint density at radius 3 is 2.63 bits per heavy atom. The predicted octanol–water partition coefficient (Wildman–Crippen LogP) is 3.37. The van der Waals surface area contributed by atoms with Gasteiger partial charge in [0.15, 0.2) is 5.96 Å². The Hall–Kier alpha value is -1.80. The van der Waals surface area contributed by atoms with Crippen LogP contribution in [0.4, 0.5) is 13.2 Å². The van der Waals surface area contributed by atoms with E-state index in [1.165, 1.54) is 10.5 Å². The Labute approximate surface area is 177 Å². The summed E-state index contributed by atoms with van der Waals surface area (Å²) in [5.41, 5.74) is 1.18. The predicted molar refractivity (Wildman–Crippen MR) is 112 cm³/mol. The Morgan fingerprint density at radius 1 is 1.13 bits per heavy atom. The number of alkyl halides is 3. The smallest absolute Gasteiger partial charge is 0.376 e. The molecule has 30 heavy (non-hydrogen) atoms. The van der Waals surface area contributed by atoms with Crippen molar-refractivity contribution >= 4 is 5.96 Å². The molecule has 2 aliphatic rings. The summed E-state index contributed by atoms with van der Waals surface area (Å²) in [6, 6.07) is 10.2. The molecule has 2 aliphatic heterocycles. The summed E-state index contributed by atoms with van der Waals surface area (Å²) in [4.78, 5) is 8.50. The normalized spacial score (nSPS) is 23.3. The Bertz CT molecular complexity index is 668. The highest BCUT2D eigenvalue weighted by molar-refractivity contribution is 5.80. The number of likely N-dealkylation sites (tertiary alicyclic amines) is 2. The summed E-state index contributed by atoms with van der Waals surface area (Å²) in [6.07, 6.45) is -2.29. The van der Waals surface area contributed by atoms with Crippen LogP contribution in [0.2, 0.25) is 0 Å². The summed E-state index contributed by atoms with van der Waals surface area (Å²) in [6.45, 7) is 6.70. The van der Waals surface area contributed by atoms with Crippen LogP contribution in [-0.2, 0) is 11.3 Å². The largest absolute Gasteiger partial charge is 0.401 e. The molecule has 3 rings (SSSR count). The van der Waals surface area contributed by atoms with Crippen LogP contribution in [0.3, 0.4) is 0 Å². The highest BCUT2D eigenvalue weighted by Gasteiger charge is 2.34. The first-order valence-electron chi connectivity index (χ1n) is 10.9. The van der Waals surface area contributed by atoms with Crippen molar-refractivity contribution in [3.63, 3.8) is 0 Å². The van der Waals surface area contributed by atoms with Gasteiger partial charge >= 0.3 is 6.18 Å². The molecule has 1 aromatic carbocycles. The van der Waals surface area contributed by atoms with E-state index in [0.29, 0.717) is 32.2 Å². The minimum absolute atomic E-state index is 0.189. The molecule has 0 radical (unpaired) electrons. The average Bonchev–Trinajstić information content (AvgIpc) is 3.34. The number of nitrogens with zero attached hydrogens (tertiary/aromatic N) is 3. The summed E-state index contributed by atoms with van der Waals surface area (Å²) in [5.74, 6) is 1.53. The summed E-state index contributed by atoms with van der Waals surface area (Å²) >= 11 is 0. The van der Waals surface area contributed by atoms with Gasteiger partial charge in [0.05, 0.1) is 19.8 Å². The van der Waals surface area contributed by atoms with Gasteiger partial charge in [-0.15, -0.1) is 0 Å². The van der Waals surface area contributed by atoms with E-state index in [1.807, 2.05) is 25.1 Å². The van der Waals surface area contributed by atoms with E-state index in [2.05, 4.69) is 22.3 Å². The SMILES string of the molecule is CCNC(=NCC1CCN(CC(F)(F)F)C1)N1CCC(COCc2ccccc2)C1. The highest BCUT2D eigenvalue weighted by atomic mass is 19.4. The van der Waals surface area contributed by atoms with Crippen molar-refractivity contribution in [3.8, 4) is 0 Å². The molecule has 2 fully saturated rings. The van der Waals surface area contributed by atoms with Gasteiger partial charge in [-0.3, -0.25) is 9.89 Å². The van der Waals surface area contributed by atoms with Gasteiger partial charge in [-0.2, -0.15) is 13.2 Å². The fraction of sp³-hybridized carbons (Fsp3) is 0.682. The maximum absolute atomic E-state index is 12.6. The van der Waals surface area contributed by atoms with Gasteiger partial charge in [0.25, 0.3) is 0 Å². The zero-order valence-corrected chi connectivity index (χ0v) is 17.7. The lowest BCUT2D eigenvalue weighted by atomic mass is 10.1. The van der Waals surface area contributed by atoms with E-state index in [0.717, 1.165) is 45.0 Å². The van der Waals surface area contributed by atoms with Gasteiger partial charge in [0, 0.05) is 38.6 Å². The molecular weight excluding hydrogens is 393 g/mol. The molecule has 168 valence electrons. The first-order valence-corrected chi connectivity index (χ1v) is 10.9. The fourth-order valence-electron chi connectivity index (χ4n) is 4.18. The van der Waals surface area contributed by atoms with E-state index in [-0.39, 0.29) is 5.92 Å². The van der Waals surface area contributed by atoms with Gasteiger partial charge < -0.3 is 15.0 Å². The van der Waals surface area contributed by atoms with Crippen molar-refractivity contribution in [3.05, 3.63) is 35.9 Å². The molecule has 0 bridgehead atoms. The van der Waals surface area contributed by atoms with Crippen LogP contribution in [0.15, 0.2) is 35.3 Å². The molecule has 1 aromatic rings. The monoisotopic (exact) mass is 426 g/mol. The minimum atomic E-state index is -4.12. The lowest BCUT2D eigenvalue weighted by molar-refractivity contribution is -0.143.